The van der Waals surface area contributed by atoms with Gasteiger partial charge in [0.15, 0.2) is 0 Å². The van der Waals surface area contributed by atoms with E-state index in [4.69, 9.17) is 9.47 Å². The molecule has 5 rings (SSSR count). The van der Waals surface area contributed by atoms with Crippen molar-refractivity contribution in [2.45, 2.75) is 6.92 Å². The van der Waals surface area contributed by atoms with E-state index in [0.717, 1.165) is 16.2 Å². The Balaban J connectivity index is 1.63. The minimum absolute atomic E-state index is 0.0512. The molecule has 1 heterocycles. The minimum Gasteiger partial charge on any atom is -0.497 e. The molecule has 6 heteroatoms. The molecule has 0 aliphatic carbocycles. The van der Waals surface area contributed by atoms with E-state index in [-0.39, 0.29) is 11.8 Å². The van der Waals surface area contributed by atoms with Crippen LogP contribution in [0.3, 0.4) is 0 Å². The summed E-state index contributed by atoms with van der Waals surface area (Å²) in [6.45, 7) is 2.32. The Morgan fingerprint density at radius 3 is 2.24 bits per heavy atom. The highest BCUT2D eigenvalue weighted by atomic mass is 16.5. The quantitative estimate of drug-likeness (QED) is 0.324. The Morgan fingerprint density at radius 1 is 0.912 bits per heavy atom. The fraction of sp³-hybridized carbons (Fsp3) is 0.107. The van der Waals surface area contributed by atoms with Gasteiger partial charge in [0.2, 0.25) is 11.8 Å². The van der Waals surface area contributed by atoms with E-state index < -0.39 is 0 Å². The molecule has 4 aromatic carbocycles. The highest BCUT2D eigenvalue weighted by molar-refractivity contribution is 6.07. The van der Waals surface area contributed by atoms with Crippen molar-refractivity contribution in [2.75, 3.05) is 19.0 Å². The van der Waals surface area contributed by atoms with Gasteiger partial charge in [-0.2, -0.15) is 0 Å². The first kappa shape index (κ1) is 21.4. The molecular formula is C28H24N2O4. The van der Waals surface area contributed by atoms with Crippen LogP contribution in [0.25, 0.3) is 27.2 Å². The van der Waals surface area contributed by atoms with E-state index in [9.17, 15) is 9.90 Å². The Bertz CT molecular complexity index is 1500. The number of amides is 1. The number of fused-ring (bicyclic) bond motifs is 2. The number of methoxy groups -OCH3 is 1. The minimum atomic E-state index is -0.269. The van der Waals surface area contributed by atoms with Crippen LogP contribution < -0.4 is 14.8 Å². The van der Waals surface area contributed by atoms with E-state index >= 15 is 0 Å². The predicted molar refractivity (Wildman–Crippen MR) is 135 cm³/mol. The molecule has 0 atom stereocenters. The number of carbonyl (C=O) groups is 1. The van der Waals surface area contributed by atoms with Gasteiger partial charge in [-0.15, -0.1) is 0 Å². The third-order valence-electron chi connectivity index (χ3n) is 5.80. The first-order valence-electron chi connectivity index (χ1n) is 11.0. The summed E-state index contributed by atoms with van der Waals surface area (Å²) in [5, 5.41) is 17.8. The molecule has 0 fully saturated rings. The first-order chi connectivity index (χ1) is 16.6. The fourth-order valence-electron chi connectivity index (χ4n) is 4.15. The molecule has 170 valence electrons. The second-order valence-electron chi connectivity index (χ2n) is 7.84. The van der Waals surface area contributed by atoms with E-state index in [1.807, 2.05) is 61.5 Å². The number of aromatic hydroxyl groups is 1. The zero-order valence-electron chi connectivity index (χ0n) is 18.9. The van der Waals surface area contributed by atoms with Crippen LogP contribution in [0.15, 0.2) is 84.9 Å². The summed E-state index contributed by atoms with van der Waals surface area (Å²) >= 11 is 0. The van der Waals surface area contributed by atoms with Gasteiger partial charge in [-0.1, -0.05) is 36.4 Å². The maximum Gasteiger partial charge on any atom is 0.255 e. The lowest BCUT2D eigenvalue weighted by Gasteiger charge is -2.16. The second kappa shape index (κ2) is 8.83. The highest BCUT2D eigenvalue weighted by Crippen LogP contribution is 2.43. The normalized spacial score (nSPS) is 11.0. The number of carbonyl (C=O) groups excluding carboxylic acids is 1. The molecule has 5 aromatic rings. The van der Waals surface area contributed by atoms with Gasteiger partial charge in [0, 0.05) is 16.3 Å². The van der Waals surface area contributed by atoms with Crippen LogP contribution in [-0.2, 0) is 0 Å². The molecule has 6 nitrogen and oxygen atoms in total. The van der Waals surface area contributed by atoms with Crippen molar-refractivity contribution < 1.29 is 19.4 Å². The second-order valence-corrected chi connectivity index (χ2v) is 7.84. The van der Waals surface area contributed by atoms with Crippen molar-refractivity contribution >= 4 is 33.1 Å². The zero-order valence-corrected chi connectivity index (χ0v) is 18.9. The van der Waals surface area contributed by atoms with E-state index in [0.29, 0.717) is 40.6 Å². The number of anilines is 1. The van der Waals surface area contributed by atoms with Crippen molar-refractivity contribution in [1.29, 1.82) is 0 Å². The predicted octanol–water partition coefficient (Wildman–Crippen LogP) is 6.15. The van der Waals surface area contributed by atoms with E-state index in [1.54, 1.807) is 42.0 Å². The van der Waals surface area contributed by atoms with Crippen molar-refractivity contribution in [3.63, 3.8) is 0 Å². The van der Waals surface area contributed by atoms with Crippen molar-refractivity contribution in [3.05, 3.63) is 90.5 Å². The van der Waals surface area contributed by atoms with E-state index in [1.165, 1.54) is 0 Å². The molecule has 0 unspecified atom stereocenters. The lowest BCUT2D eigenvalue weighted by atomic mass is 10.1. The summed E-state index contributed by atoms with van der Waals surface area (Å²) in [5.41, 5.74) is 1.64. The summed E-state index contributed by atoms with van der Waals surface area (Å²) in [6, 6.07) is 26.2. The Labute approximate surface area is 197 Å². The lowest BCUT2D eigenvalue weighted by Crippen LogP contribution is -2.14. The Kier molecular flexibility index (Phi) is 5.55. The molecule has 2 N–H and O–H groups in total. The highest BCUT2D eigenvalue weighted by Gasteiger charge is 2.22. The van der Waals surface area contributed by atoms with Gasteiger partial charge in [0.1, 0.15) is 5.75 Å². The largest absolute Gasteiger partial charge is 0.497 e. The van der Waals surface area contributed by atoms with Crippen LogP contribution in [0.5, 0.6) is 17.5 Å². The zero-order chi connectivity index (χ0) is 23.7. The van der Waals surface area contributed by atoms with Gasteiger partial charge in [-0.3, -0.25) is 4.79 Å². The van der Waals surface area contributed by atoms with Gasteiger partial charge in [0.25, 0.3) is 5.91 Å². The van der Waals surface area contributed by atoms with Gasteiger partial charge < -0.3 is 19.9 Å². The Hall–Kier alpha value is -4.45. The number of nitrogens with one attached hydrogen (secondary N) is 1. The summed E-state index contributed by atoms with van der Waals surface area (Å²) in [4.78, 5) is 13.0. The molecule has 1 aromatic heterocycles. The van der Waals surface area contributed by atoms with Gasteiger partial charge in [-0.25, -0.2) is 4.57 Å². The summed E-state index contributed by atoms with van der Waals surface area (Å²) in [5.74, 6) is 0.979. The van der Waals surface area contributed by atoms with Crippen LogP contribution in [-0.4, -0.2) is 29.3 Å². The van der Waals surface area contributed by atoms with Crippen molar-refractivity contribution in [1.82, 2.24) is 4.57 Å². The van der Waals surface area contributed by atoms with Gasteiger partial charge >= 0.3 is 0 Å². The number of aromatic nitrogens is 1. The van der Waals surface area contributed by atoms with Crippen LogP contribution in [0.4, 0.5) is 5.69 Å². The van der Waals surface area contributed by atoms with Crippen LogP contribution in [0.2, 0.25) is 0 Å². The molecule has 34 heavy (non-hydrogen) atoms. The molecule has 0 aliphatic heterocycles. The molecule has 0 radical (unpaired) electrons. The lowest BCUT2D eigenvalue weighted by molar-refractivity contribution is 0.102. The summed E-state index contributed by atoms with van der Waals surface area (Å²) in [7, 11) is 1.58. The molecule has 0 aliphatic rings. The standard InChI is InChI=1S/C28H24N2O4/c1-3-34-28-23-17-20-9-5-4-8-19(20)16-22(23)27(32)30(28)25-11-7-6-10-24(25)29-26(31)18-12-14-21(33-2)15-13-18/h4-17,32H,3H2,1-2H3,(H,29,31). The number of hydrogen-bond donors (Lipinski definition) is 2. The maximum absolute atomic E-state index is 13.0. The number of nitrogens with zero attached hydrogens (tertiary/aromatic N) is 1. The number of benzene rings is 4. The van der Waals surface area contributed by atoms with Crippen LogP contribution >= 0.6 is 0 Å². The third kappa shape index (κ3) is 3.69. The maximum atomic E-state index is 13.0. The number of ether oxygens (including phenoxy) is 2. The third-order valence-corrected chi connectivity index (χ3v) is 5.80. The Morgan fingerprint density at radius 2 is 1.56 bits per heavy atom. The molecule has 0 spiro atoms. The topological polar surface area (TPSA) is 72.7 Å². The molecule has 0 saturated heterocycles. The molecular weight excluding hydrogens is 428 g/mol. The van der Waals surface area contributed by atoms with Crippen molar-refractivity contribution in [2.24, 2.45) is 0 Å². The average molecular weight is 453 g/mol. The monoisotopic (exact) mass is 452 g/mol. The number of hydrogen-bond acceptors (Lipinski definition) is 4. The smallest absolute Gasteiger partial charge is 0.255 e. The molecule has 0 saturated carbocycles. The first-order valence-corrected chi connectivity index (χ1v) is 11.0. The van der Waals surface area contributed by atoms with Gasteiger partial charge in [-0.05, 0) is 66.2 Å². The number of rotatable bonds is 6. The summed E-state index contributed by atoms with van der Waals surface area (Å²) < 4.78 is 12.8. The van der Waals surface area contributed by atoms with Crippen LogP contribution in [0, 0.1) is 0 Å². The fourth-order valence-corrected chi connectivity index (χ4v) is 4.15. The average Bonchev–Trinajstić information content (AvgIpc) is 3.13. The van der Waals surface area contributed by atoms with Crippen LogP contribution in [0.1, 0.15) is 17.3 Å². The van der Waals surface area contributed by atoms with Crippen molar-refractivity contribution in [3.8, 4) is 23.2 Å². The van der Waals surface area contributed by atoms with E-state index in [2.05, 4.69) is 5.32 Å². The number of para-hydroxylation sites is 2. The SMILES string of the molecule is CCOc1c2cc3ccccc3cc2c(O)n1-c1ccccc1NC(=O)c1ccc(OC)cc1. The van der Waals surface area contributed by atoms with Gasteiger partial charge in [0.05, 0.1) is 25.1 Å². The molecule has 1 amide bonds. The molecule has 0 bridgehead atoms. The summed E-state index contributed by atoms with van der Waals surface area (Å²) in [6.07, 6.45) is 0.